The van der Waals surface area contributed by atoms with Crippen LogP contribution in [0.1, 0.15) is 19.8 Å². The van der Waals surface area contributed by atoms with Crippen LogP contribution in [0.3, 0.4) is 0 Å². The number of rotatable bonds is 6. The summed E-state index contributed by atoms with van der Waals surface area (Å²) in [5.41, 5.74) is 0. The minimum atomic E-state index is -3.85. The van der Waals surface area contributed by atoms with Gasteiger partial charge in [-0.05, 0) is 24.3 Å². The van der Waals surface area contributed by atoms with Crippen LogP contribution >= 0.6 is 0 Å². The molecule has 0 amide bonds. The second-order valence-corrected chi connectivity index (χ2v) is 6.00. The van der Waals surface area contributed by atoms with Gasteiger partial charge in [-0.1, -0.05) is 6.92 Å². The van der Waals surface area contributed by atoms with Crippen molar-refractivity contribution >= 4 is 16.0 Å². The van der Waals surface area contributed by atoms with Crippen molar-refractivity contribution < 1.29 is 22.7 Å². The molecule has 0 heterocycles. The molecule has 22 heavy (non-hydrogen) atoms. The molecular weight excluding hydrogens is 306 g/mol. The van der Waals surface area contributed by atoms with Crippen LogP contribution in [0.15, 0.2) is 29.2 Å². The number of hydrogen-bond acceptors (Lipinski definition) is 5. The van der Waals surface area contributed by atoms with E-state index in [1.54, 1.807) is 0 Å². The molecule has 0 saturated carbocycles. The molecular formula is C15H19NO5S. The smallest absolute Gasteiger partial charge is 0.324 e. The summed E-state index contributed by atoms with van der Waals surface area (Å²) in [6.45, 7) is 1.86. The SMILES string of the molecule is CCC#CC[C@H](NS(=O)(=O)c1ccc(OC)cc1)C(=O)OC. The Bertz CT molecular complexity index is 655. The van der Waals surface area contributed by atoms with Crippen LogP contribution in [-0.2, 0) is 19.6 Å². The van der Waals surface area contributed by atoms with Crippen molar-refractivity contribution in [2.45, 2.75) is 30.7 Å². The summed E-state index contributed by atoms with van der Waals surface area (Å²) in [5, 5.41) is 0. The Morgan fingerprint density at radius 1 is 1.23 bits per heavy atom. The van der Waals surface area contributed by atoms with Crippen molar-refractivity contribution in [3.05, 3.63) is 24.3 Å². The van der Waals surface area contributed by atoms with E-state index in [0.717, 1.165) is 0 Å². The molecule has 7 heteroatoms. The van der Waals surface area contributed by atoms with Gasteiger partial charge in [-0.25, -0.2) is 8.42 Å². The summed E-state index contributed by atoms with van der Waals surface area (Å²) in [6, 6.07) is 4.80. The van der Waals surface area contributed by atoms with Gasteiger partial charge in [0, 0.05) is 12.8 Å². The van der Waals surface area contributed by atoms with Gasteiger partial charge in [0.05, 0.1) is 19.1 Å². The van der Waals surface area contributed by atoms with Gasteiger partial charge in [0.15, 0.2) is 0 Å². The predicted molar refractivity (Wildman–Crippen MR) is 81.8 cm³/mol. The molecule has 1 atom stereocenters. The van der Waals surface area contributed by atoms with Crippen LogP contribution in [-0.4, -0.2) is 34.6 Å². The molecule has 0 aliphatic rings. The standard InChI is InChI=1S/C15H19NO5S/c1-4-5-6-7-14(15(17)21-3)16-22(18,19)13-10-8-12(20-2)9-11-13/h8-11,14,16H,4,7H2,1-3H3/t14-/m0/s1. The van der Waals surface area contributed by atoms with Gasteiger partial charge in [0.25, 0.3) is 0 Å². The highest BCUT2D eigenvalue weighted by molar-refractivity contribution is 7.89. The van der Waals surface area contributed by atoms with Gasteiger partial charge in [0.1, 0.15) is 11.8 Å². The lowest BCUT2D eigenvalue weighted by Gasteiger charge is -2.14. The van der Waals surface area contributed by atoms with Gasteiger partial charge in [-0.15, -0.1) is 11.8 Å². The third kappa shape index (κ3) is 5.06. The van der Waals surface area contributed by atoms with Crippen LogP contribution in [0.25, 0.3) is 0 Å². The molecule has 0 unspecified atom stereocenters. The fraction of sp³-hybridized carbons (Fsp3) is 0.400. The third-order valence-corrected chi connectivity index (χ3v) is 4.25. The summed E-state index contributed by atoms with van der Waals surface area (Å²) in [7, 11) is -1.16. The molecule has 1 aromatic rings. The molecule has 0 spiro atoms. The van der Waals surface area contributed by atoms with E-state index in [-0.39, 0.29) is 11.3 Å². The van der Waals surface area contributed by atoms with Gasteiger partial charge < -0.3 is 9.47 Å². The Labute approximate surface area is 130 Å². The minimum Gasteiger partial charge on any atom is -0.497 e. The van der Waals surface area contributed by atoms with Gasteiger partial charge in [0.2, 0.25) is 10.0 Å². The van der Waals surface area contributed by atoms with E-state index >= 15 is 0 Å². The molecule has 0 aliphatic heterocycles. The summed E-state index contributed by atoms with van der Waals surface area (Å²) < 4.78 is 36.5. The zero-order chi connectivity index (χ0) is 16.6. The topological polar surface area (TPSA) is 81.7 Å². The third-order valence-electron chi connectivity index (χ3n) is 2.76. The van der Waals surface area contributed by atoms with Crippen LogP contribution in [0, 0.1) is 11.8 Å². The monoisotopic (exact) mass is 325 g/mol. The highest BCUT2D eigenvalue weighted by Gasteiger charge is 2.25. The molecule has 1 N–H and O–H groups in total. The van der Waals surface area contributed by atoms with Crippen LogP contribution in [0.4, 0.5) is 0 Å². The number of methoxy groups -OCH3 is 2. The van der Waals surface area contributed by atoms with E-state index in [1.807, 2.05) is 6.92 Å². The first-order valence-corrected chi connectivity index (χ1v) is 8.12. The van der Waals surface area contributed by atoms with Crippen molar-refractivity contribution in [3.63, 3.8) is 0 Å². The molecule has 120 valence electrons. The highest BCUT2D eigenvalue weighted by Crippen LogP contribution is 2.16. The van der Waals surface area contributed by atoms with Crippen molar-refractivity contribution in [1.82, 2.24) is 4.72 Å². The number of ether oxygens (including phenoxy) is 2. The first-order valence-electron chi connectivity index (χ1n) is 6.64. The average Bonchev–Trinajstić information content (AvgIpc) is 2.53. The minimum absolute atomic E-state index is 0.0330. The maximum atomic E-state index is 12.3. The fourth-order valence-corrected chi connectivity index (χ4v) is 2.81. The number of hydrogen-bond donors (Lipinski definition) is 1. The number of sulfonamides is 1. The van der Waals surface area contributed by atoms with E-state index in [2.05, 4.69) is 21.3 Å². The number of esters is 1. The molecule has 0 bridgehead atoms. The molecule has 6 nitrogen and oxygen atoms in total. The maximum absolute atomic E-state index is 12.3. The Morgan fingerprint density at radius 2 is 1.86 bits per heavy atom. The molecule has 0 aliphatic carbocycles. The lowest BCUT2D eigenvalue weighted by atomic mass is 10.2. The molecule has 0 saturated heterocycles. The lowest BCUT2D eigenvalue weighted by Crippen LogP contribution is -2.41. The fourth-order valence-electron chi connectivity index (χ4n) is 1.62. The zero-order valence-corrected chi connectivity index (χ0v) is 13.6. The van der Waals surface area contributed by atoms with E-state index in [1.165, 1.54) is 38.5 Å². The van der Waals surface area contributed by atoms with Crippen molar-refractivity contribution in [1.29, 1.82) is 0 Å². The largest absolute Gasteiger partial charge is 0.497 e. The van der Waals surface area contributed by atoms with Crippen molar-refractivity contribution in [3.8, 4) is 17.6 Å². The first kappa shape index (κ1) is 18.0. The zero-order valence-electron chi connectivity index (χ0n) is 12.8. The molecule has 1 rings (SSSR count). The number of carbonyl (C=O) groups is 1. The van der Waals surface area contributed by atoms with Gasteiger partial charge >= 0.3 is 5.97 Å². The quantitative estimate of drug-likeness (QED) is 0.630. The van der Waals surface area contributed by atoms with Crippen molar-refractivity contribution in [2.75, 3.05) is 14.2 Å². The number of carbonyl (C=O) groups excluding carboxylic acids is 1. The summed E-state index contributed by atoms with van der Waals surface area (Å²) in [6.07, 6.45) is 0.676. The van der Waals surface area contributed by atoms with E-state index in [4.69, 9.17) is 4.74 Å². The second-order valence-electron chi connectivity index (χ2n) is 4.28. The predicted octanol–water partition coefficient (Wildman–Crippen LogP) is 1.32. The normalized spacial score (nSPS) is 12.0. The second kappa shape index (κ2) is 8.41. The van der Waals surface area contributed by atoms with Crippen LogP contribution in [0.2, 0.25) is 0 Å². The molecule has 0 radical (unpaired) electrons. The van der Waals surface area contributed by atoms with E-state index in [0.29, 0.717) is 12.2 Å². The summed E-state index contributed by atoms with van der Waals surface area (Å²) in [4.78, 5) is 11.7. The van der Waals surface area contributed by atoms with Crippen LogP contribution in [0.5, 0.6) is 5.75 Å². The Kier molecular flexibility index (Phi) is 6.89. The molecule has 0 fully saturated rings. The van der Waals surface area contributed by atoms with Crippen molar-refractivity contribution in [2.24, 2.45) is 0 Å². The maximum Gasteiger partial charge on any atom is 0.324 e. The van der Waals surface area contributed by atoms with E-state index < -0.39 is 22.0 Å². The number of benzene rings is 1. The Hall–Kier alpha value is -2.04. The van der Waals surface area contributed by atoms with Crippen LogP contribution < -0.4 is 9.46 Å². The average molecular weight is 325 g/mol. The summed E-state index contributed by atoms with van der Waals surface area (Å²) >= 11 is 0. The number of nitrogens with one attached hydrogen (secondary N) is 1. The molecule has 0 aromatic heterocycles. The first-order chi connectivity index (χ1) is 10.4. The highest BCUT2D eigenvalue weighted by atomic mass is 32.2. The summed E-state index contributed by atoms with van der Waals surface area (Å²) in [5.74, 6) is 5.39. The van der Waals surface area contributed by atoms with E-state index in [9.17, 15) is 13.2 Å². The Morgan fingerprint density at radius 3 is 2.36 bits per heavy atom. The molecule has 1 aromatic carbocycles. The van der Waals surface area contributed by atoms with Gasteiger partial charge in [-0.2, -0.15) is 4.72 Å². The lowest BCUT2D eigenvalue weighted by molar-refractivity contribution is -0.142. The van der Waals surface area contributed by atoms with Gasteiger partial charge in [-0.3, -0.25) is 4.79 Å². The Balaban J connectivity index is 2.95.